The van der Waals surface area contributed by atoms with E-state index in [1.807, 2.05) is 6.07 Å². The van der Waals surface area contributed by atoms with E-state index in [1.54, 1.807) is 19.1 Å². The molecule has 0 radical (unpaired) electrons. The number of nitriles is 1. The van der Waals surface area contributed by atoms with E-state index in [2.05, 4.69) is 0 Å². The van der Waals surface area contributed by atoms with Gasteiger partial charge in [-0.25, -0.2) is 0 Å². The zero-order valence-electron chi connectivity index (χ0n) is 7.54. The number of hydrogen-bond acceptors (Lipinski definition) is 3. The van der Waals surface area contributed by atoms with Gasteiger partial charge in [-0.15, -0.1) is 0 Å². The molecule has 68 valence electrons. The molecule has 0 aromatic rings. The summed E-state index contributed by atoms with van der Waals surface area (Å²) in [6, 6.07) is 1.82. The monoisotopic (exact) mass is 170 g/mol. The topological polar surface area (TPSA) is 53.3 Å². The molecule has 0 aromatic heterocycles. The first-order valence-corrected chi connectivity index (χ1v) is 3.82. The SMILES string of the molecule is COCCCN(C)C(=O)CC#N. The molecule has 0 fully saturated rings. The molecule has 0 aliphatic carbocycles. The molecule has 0 aliphatic rings. The third-order valence-corrected chi connectivity index (χ3v) is 1.50. The molecule has 0 spiro atoms. The number of rotatable bonds is 5. The van der Waals surface area contributed by atoms with Crippen LogP contribution in [0.5, 0.6) is 0 Å². The normalized spacial score (nSPS) is 9.08. The van der Waals surface area contributed by atoms with Gasteiger partial charge in [0.05, 0.1) is 6.07 Å². The second-order valence-electron chi connectivity index (χ2n) is 2.50. The van der Waals surface area contributed by atoms with Crippen molar-refractivity contribution in [1.29, 1.82) is 5.26 Å². The van der Waals surface area contributed by atoms with Crippen LogP contribution >= 0.6 is 0 Å². The van der Waals surface area contributed by atoms with E-state index >= 15 is 0 Å². The summed E-state index contributed by atoms with van der Waals surface area (Å²) in [6.07, 6.45) is 0.771. The molecule has 0 unspecified atom stereocenters. The zero-order chi connectivity index (χ0) is 9.40. The average Bonchev–Trinajstić information content (AvgIpc) is 2.05. The summed E-state index contributed by atoms with van der Waals surface area (Å²) in [6.45, 7) is 1.29. The van der Waals surface area contributed by atoms with Crippen molar-refractivity contribution < 1.29 is 9.53 Å². The first-order chi connectivity index (χ1) is 5.72. The van der Waals surface area contributed by atoms with Crippen molar-refractivity contribution in [2.24, 2.45) is 0 Å². The summed E-state index contributed by atoms with van der Waals surface area (Å²) in [5, 5.41) is 8.23. The Balaban J connectivity index is 3.51. The summed E-state index contributed by atoms with van der Waals surface area (Å²) >= 11 is 0. The second kappa shape index (κ2) is 6.62. The highest BCUT2D eigenvalue weighted by Crippen LogP contribution is 1.92. The Morgan fingerprint density at radius 1 is 1.67 bits per heavy atom. The molecule has 4 heteroatoms. The third kappa shape index (κ3) is 4.69. The van der Waals surface area contributed by atoms with Gasteiger partial charge in [0.1, 0.15) is 6.42 Å². The number of ether oxygens (including phenoxy) is 1. The highest BCUT2D eigenvalue weighted by atomic mass is 16.5. The largest absolute Gasteiger partial charge is 0.385 e. The van der Waals surface area contributed by atoms with E-state index in [4.69, 9.17) is 10.00 Å². The minimum atomic E-state index is -0.131. The molecule has 0 saturated heterocycles. The van der Waals surface area contributed by atoms with Crippen molar-refractivity contribution in [2.75, 3.05) is 27.3 Å². The highest BCUT2D eigenvalue weighted by molar-refractivity contribution is 5.77. The number of nitrogens with zero attached hydrogens (tertiary/aromatic N) is 2. The predicted octanol–water partition coefficient (Wildman–Crippen LogP) is 0.395. The van der Waals surface area contributed by atoms with Crippen molar-refractivity contribution in [3.05, 3.63) is 0 Å². The quantitative estimate of drug-likeness (QED) is 0.561. The van der Waals surface area contributed by atoms with Crippen molar-refractivity contribution in [2.45, 2.75) is 12.8 Å². The second-order valence-corrected chi connectivity index (χ2v) is 2.50. The van der Waals surface area contributed by atoms with Gasteiger partial charge >= 0.3 is 0 Å². The number of methoxy groups -OCH3 is 1. The van der Waals surface area contributed by atoms with Gasteiger partial charge in [-0.3, -0.25) is 4.79 Å². The Morgan fingerprint density at radius 3 is 2.83 bits per heavy atom. The van der Waals surface area contributed by atoms with Crippen LogP contribution < -0.4 is 0 Å². The number of amides is 1. The number of hydrogen-bond donors (Lipinski definition) is 0. The lowest BCUT2D eigenvalue weighted by Crippen LogP contribution is -2.27. The van der Waals surface area contributed by atoms with Gasteiger partial charge in [-0.1, -0.05) is 0 Å². The van der Waals surface area contributed by atoms with Crippen LogP contribution in [0.3, 0.4) is 0 Å². The fraction of sp³-hybridized carbons (Fsp3) is 0.750. The van der Waals surface area contributed by atoms with Crippen molar-refractivity contribution in [3.63, 3.8) is 0 Å². The van der Waals surface area contributed by atoms with E-state index in [1.165, 1.54) is 0 Å². The molecule has 0 aromatic carbocycles. The number of carbonyl (C=O) groups excluding carboxylic acids is 1. The van der Waals surface area contributed by atoms with E-state index in [0.717, 1.165) is 6.42 Å². The van der Waals surface area contributed by atoms with Crippen LogP contribution in [0.2, 0.25) is 0 Å². The molecular formula is C8H14N2O2. The smallest absolute Gasteiger partial charge is 0.236 e. The maximum absolute atomic E-state index is 11.0. The lowest BCUT2D eigenvalue weighted by atomic mass is 10.3. The Labute approximate surface area is 72.7 Å². The van der Waals surface area contributed by atoms with E-state index in [0.29, 0.717) is 13.2 Å². The van der Waals surface area contributed by atoms with Gasteiger partial charge in [0, 0.05) is 27.3 Å². The zero-order valence-corrected chi connectivity index (χ0v) is 7.54. The van der Waals surface area contributed by atoms with E-state index in [-0.39, 0.29) is 12.3 Å². The molecule has 0 N–H and O–H groups in total. The molecular weight excluding hydrogens is 156 g/mol. The van der Waals surface area contributed by atoms with Gasteiger partial charge in [0.25, 0.3) is 0 Å². The van der Waals surface area contributed by atoms with Gasteiger partial charge in [0.2, 0.25) is 5.91 Å². The Bertz CT molecular complexity index is 174. The van der Waals surface area contributed by atoms with E-state index < -0.39 is 0 Å². The number of carbonyl (C=O) groups is 1. The van der Waals surface area contributed by atoms with Crippen molar-refractivity contribution in [3.8, 4) is 6.07 Å². The van der Waals surface area contributed by atoms with Crippen LogP contribution in [-0.4, -0.2) is 38.1 Å². The Morgan fingerprint density at radius 2 is 2.33 bits per heavy atom. The maximum atomic E-state index is 11.0. The van der Waals surface area contributed by atoms with Gasteiger partial charge in [-0.2, -0.15) is 5.26 Å². The lowest BCUT2D eigenvalue weighted by molar-refractivity contribution is -0.128. The minimum absolute atomic E-state index is 0.0382. The Hall–Kier alpha value is -1.08. The molecule has 0 aliphatic heterocycles. The fourth-order valence-electron chi connectivity index (χ4n) is 0.773. The van der Waals surface area contributed by atoms with Crippen LogP contribution in [0.15, 0.2) is 0 Å². The minimum Gasteiger partial charge on any atom is -0.385 e. The first-order valence-electron chi connectivity index (χ1n) is 3.82. The standard InChI is InChI=1S/C8H14N2O2/c1-10(6-3-7-12-2)8(11)4-5-9/h3-4,6-7H2,1-2H3. The van der Waals surface area contributed by atoms with E-state index in [9.17, 15) is 4.79 Å². The summed E-state index contributed by atoms with van der Waals surface area (Å²) in [7, 11) is 3.31. The lowest BCUT2D eigenvalue weighted by Gasteiger charge is -2.14. The summed E-state index contributed by atoms with van der Waals surface area (Å²) in [4.78, 5) is 12.5. The molecule has 1 amide bonds. The van der Waals surface area contributed by atoms with Crippen molar-refractivity contribution >= 4 is 5.91 Å². The molecule has 0 atom stereocenters. The molecule has 12 heavy (non-hydrogen) atoms. The van der Waals surface area contributed by atoms with Gasteiger partial charge < -0.3 is 9.64 Å². The molecule has 0 rings (SSSR count). The van der Waals surface area contributed by atoms with Crippen LogP contribution in [0, 0.1) is 11.3 Å². The van der Waals surface area contributed by atoms with Crippen molar-refractivity contribution in [1.82, 2.24) is 4.90 Å². The predicted molar refractivity (Wildman–Crippen MR) is 44.4 cm³/mol. The highest BCUT2D eigenvalue weighted by Gasteiger charge is 2.06. The maximum Gasteiger partial charge on any atom is 0.236 e. The molecule has 4 nitrogen and oxygen atoms in total. The van der Waals surface area contributed by atoms with Gasteiger partial charge in [-0.05, 0) is 6.42 Å². The molecule has 0 bridgehead atoms. The summed E-state index contributed by atoms with van der Waals surface area (Å²) < 4.78 is 4.83. The third-order valence-electron chi connectivity index (χ3n) is 1.50. The fourth-order valence-corrected chi connectivity index (χ4v) is 0.773. The van der Waals surface area contributed by atoms with Crippen LogP contribution in [0.1, 0.15) is 12.8 Å². The Kier molecular flexibility index (Phi) is 6.02. The molecule has 0 heterocycles. The van der Waals surface area contributed by atoms with Crippen LogP contribution in [0.4, 0.5) is 0 Å². The summed E-state index contributed by atoms with van der Waals surface area (Å²) in [5.74, 6) is -0.131. The molecule has 0 saturated carbocycles. The van der Waals surface area contributed by atoms with Crippen LogP contribution in [-0.2, 0) is 9.53 Å². The average molecular weight is 170 g/mol. The first kappa shape index (κ1) is 10.9. The van der Waals surface area contributed by atoms with Crippen LogP contribution in [0.25, 0.3) is 0 Å². The summed E-state index contributed by atoms with van der Waals surface area (Å²) in [5.41, 5.74) is 0. The van der Waals surface area contributed by atoms with Gasteiger partial charge in [0.15, 0.2) is 0 Å².